The highest BCUT2D eigenvalue weighted by molar-refractivity contribution is 4.84. The average Bonchev–Trinajstić information content (AvgIpc) is 2.03. The van der Waals surface area contributed by atoms with E-state index in [0.29, 0.717) is 12.0 Å². The van der Waals surface area contributed by atoms with Crippen molar-refractivity contribution >= 4 is 0 Å². The van der Waals surface area contributed by atoms with E-state index in [0.717, 1.165) is 12.8 Å². The summed E-state index contributed by atoms with van der Waals surface area (Å²) in [5.41, 5.74) is -0.474. The van der Waals surface area contributed by atoms with Gasteiger partial charge in [0.25, 0.3) is 0 Å². The molecule has 0 heterocycles. The quantitative estimate of drug-likeness (QED) is 0.660. The van der Waals surface area contributed by atoms with E-state index in [4.69, 9.17) is 0 Å². The Balaban J connectivity index is 2.36. The topological polar surface area (TPSA) is 32.3 Å². The summed E-state index contributed by atoms with van der Waals surface area (Å²) in [5.74, 6) is 0.502. The summed E-state index contributed by atoms with van der Waals surface area (Å²) in [6.45, 7) is 3.86. The second kappa shape index (κ2) is 3.75. The zero-order valence-corrected chi connectivity index (χ0v) is 8.43. The van der Waals surface area contributed by atoms with Crippen LogP contribution in [0.1, 0.15) is 39.5 Å². The first-order valence-electron chi connectivity index (χ1n) is 4.93. The van der Waals surface area contributed by atoms with Crippen LogP contribution in [0.4, 0.5) is 0 Å². The first-order chi connectivity index (χ1) is 5.54. The molecule has 1 rings (SSSR count). The lowest BCUT2D eigenvalue weighted by Crippen LogP contribution is -2.38. The van der Waals surface area contributed by atoms with Gasteiger partial charge < -0.3 is 10.4 Å². The third-order valence-electron chi connectivity index (χ3n) is 3.13. The van der Waals surface area contributed by atoms with Gasteiger partial charge in [0, 0.05) is 6.04 Å². The Bertz CT molecular complexity index is 131. The van der Waals surface area contributed by atoms with Crippen molar-refractivity contribution in [2.24, 2.45) is 5.92 Å². The summed E-state index contributed by atoms with van der Waals surface area (Å²) in [7, 11) is 2.02. The zero-order chi connectivity index (χ0) is 9.19. The first-order valence-corrected chi connectivity index (χ1v) is 4.93. The average molecular weight is 171 g/mol. The van der Waals surface area contributed by atoms with Gasteiger partial charge in [0.05, 0.1) is 5.60 Å². The predicted molar refractivity (Wildman–Crippen MR) is 51.1 cm³/mol. The number of aliphatic hydroxyl groups is 1. The van der Waals surface area contributed by atoms with Gasteiger partial charge in [0.15, 0.2) is 0 Å². The van der Waals surface area contributed by atoms with Crippen LogP contribution in [0.2, 0.25) is 0 Å². The Kier molecular flexibility index (Phi) is 3.13. The van der Waals surface area contributed by atoms with Crippen molar-refractivity contribution in [1.82, 2.24) is 5.32 Å². The minimum Gasteiger partial charge on any atom is -0.390 e. The summed E-state index contributed by atoms with van der Waals surface area (Å²) in [4.78, 5) is 0. The second-order valence-corrected chi connectivity index (χ2v) is 4.49. The van der Waals surface area contributed by atoms with Crippen molar-refractivity contribution in [2.45, 2.75) is 51.2 Å². The minimum absolute atomic E-state index is 0.474. The number of nitrogens with one attached hydrogen (secondary N) is 1. The highest BCUT2D eigenvalue weighted by Gasteiger charge is 2.30. The lowest BCUT2D eigenvalue weighted by Gasteiger charge is -2.35. The smallest absolute Gasteiger partial charge is 0.0619 e. The first kappa shape index (κ1) is 10.0. The van der Waals surface area contributed by atoms with Crippen LogP contribution in [0.3, 0.4) is 0 Å². The Morgan fingerprint density at radius 2 is 1.67 bits per heavy atom. The molecule has 0 aliphatic heterocycles. The number of rotatable bonds is 2. The molecule has 0 amide bonds. The van der Waals surface area contributed by atoms with Crippen LogP contribution in [-0.2, 0) is 0 Å². The predicted octanol–water partition coefficient (Wildman–Crippen LogP) is 1.54. The van der Waals surface area contributed by atoms with Crippen LogP contribution in [-0.4, -0.2) is 23.8 Å². The van der Waals surface area contributed by atoms with E-state index in [-0.39, 0.29) is 0 Å². The van der Waals surface area contributed by atoms with Crippen molar-refractivity contribution in [2.75, 3.05) is 7.05 Å². The molecular weight excluding hydrogens is 150 g/mol. The highest BCUT2D eigenvalue weighted by atomic mass is 16.3. The molecule has 0 spiro atoms. The molecule has 2 N–H and O–H groups in total. The van der Waals surface area contributed by atoms with Crippen molar-refractivity contribution in [1.29, 1.82) is 0 Å². The molecule has 1 aliphatic carbocycles. The van der Waals surface area contributed by atoms with Crippen LogP contribution >= 0.6 is 0 Å². The summed E-state index contributed by atoms with van der Waals surface area (Å²) < 4.78 is 0. The fourth-order valence-corrected chi connectivity index (χ4v) is 2.09. The van der Waals surface area contributed by atoms with Gasteiger partial charge in [0.1, 0.15) is 0 Å². The van der Waals surface area contributed by atoms with E-state index < -0.39 is 5.60 Å². The fraction of sp³-hybridized carbons (Fsp3) is 1.00. The van der Waals surface area contributed by atoms with Crippen LogP contribution in [0.25, 0.3) is 0 Å². The Labute approximate surface area is 75.4 Å². The maximum atomic E-state index is 9.78. The van der Waals surface area contributed by atoms with Crippen LogP contribution < -0.4 is 5.32 Å². The van der Waals surface area contributed by atoms with Crippen molar-refractivity contribution in [3.63, 3.8) is 0 Å². The van der Waals surface area contributed by atoms with Crippen LogP contribution in [0, 0.1) is 5.92 Å². The van der Waals surface area contributed by atoms with E-state index in [9.17, 15) is 5.11 Å². The third-order valence-corrected chi connectivity index (χ3v) is 3.13. The molecule has 0 aromatic carbocycles. The summed E-state index contributed by atoms with van der Waals surface area (Å²) >= 11 is 0. The molecule has 1 saturated carbocycles. The van der Waals surface area contributed by atoms with E-state index in [1.165, 1.54) is 12.8 Å². The highest BCUT2D eigenvalue weighted by Crippen LogP contribution is 2.32. The molecule has 0 aromatic rings. The van der Waals surface area contributed by atoms with Gasteiger partial charge in [-0.2, -0.15) is 0 Å². The maximum Gasteiger partial charge on any atom is 0.0619 e. The van der Waals surface area contributed by atoms with Crippen molar-refractivity contribution < 1.29 is 5.11 Å². The lowest BCUT2D eigenvalue weighted by atomic mass is 9.77. The van der Waals surface area contributed by atoms with E-state index in [1.54, 1.807) is 0 Å². The normalized spacial score (nSPS) is 32.0. The van der Waals surface area contributed by atoms with E-state index in [2.05, 4.69) is 5.32 Å². The van der Waals surface area contributed by atoms with Gasteiger partial charge in [-0.05, 0) is 52.5 Å². The van der Waals surface area contributed by atoms with Crippen LogP contribution in [0.15, 0.2) is 0 Å². The standard InChI is InChI=1S/C10H21NO/c1-10(2,12)8-4-6-9(11-3)7-5-8/h8-9,11-12H,4-7H2,1-3H3. The van der Waals surface area contributed by atoms with Gasteiger partial charge in [-0.1, -0.05) is 0 Å². The second-order valence-electron chi connectivity index (χ2n) is 4.49. The van der Waals surface area contributed by atoms with Crippen LogP contribution in [0.5, 0.6) is 0 Å². The minimum atomic E-state index is -0.474. The van der Waals surface area contributed by atoms with Gasteiger partial charge in [-0.25, -0.2) is 0 Å². The Morgan fingerprint density at radius 3 is 2.00 bits per heavy atom. The molecule has 0 radical (unpaired) electrons. The molecule has 72 valence electrons. The Morgan fingerprint density at radius 1 is 1.17 bits per heavy atom. The molecule has 0 atom stereocenters. The fourth-order valence-electron chi connectivity index (χ4n) is 2.09. The summed E-state index contributed by atoms with van der Waals surface area (Å²) in [6.07, 6.45) is 4.75. The molecule has 1 aliphatic rings. The largest absolute Gasteiger partial charge is 0.390 e. The van der Waals surface area contributed by atoms with Gasteiger partial charge in [-0.15, -0.1) is 0 Å². The number of hydrogen-bond donors (Lipinski definition) is 2. The lowest BCUT2D eigenvalue weighted by molar-refractivity contribution is -0.00250. The molecule has 0 saturated heterocycles. The van der Waals surface area contributed by atoms with Crippen molar-refractivity contribution in [3.8, 4) is 0 Å². The van der Waals surface area contributed by atoms with E-state index in [1.807, 2.05) is 20.9 Å². The molecule has 2 nitrogen and oxygen atoms in total. The molecule has 0 unspecified atom stereocenters. The van der Waals surface area contributed by atoms with Crippen molar-refractivity contribution in [3.05, 3.63) is 0 Å². The zero-order valence-electron chi connectivity index (χ0n) is 8.43. The molecule has 1 fully saturated rings. The van der Waals surface area contributed by atoms with Gasteiger partial charge in [0.2, 0.25) is 0 Å². The molecular formula is C10H21NO. The molecule has 2 heteroatoms. The van der Waals surface area contributed by atoms with E-state index >= 15 is 0 Å². The van der Waals surface area contributed by atoms with Gasteiger partial charge >= 0.3 is 0 Å². The molecule has 12 heavy (non-hydrogen) atoms. The monoisotopic (exact) mass is 171 g/mol. The van der Waals surface area contributed by atoms with Gasteiger partial charge in [-0.3, -0.25) is 0 Å². The molecule has 0 aromatic heterocycles. The SMILES string of the molecule is CNC1CCC(C(C)(C)O)CC1. The summed E-state index contributed by atoms with van der Waals surface area (Å²) in [5, 5.41) is 13.1. The maximum absolute atomic E-state index is 9.78. The summed E-state index contributed by atoms with van der Waals surface area (Å²) in [6, 6.07) is 0.684. The molecule has 0 bridgehead atoms. The number of hydrogen-bond acceptors (Lipinski definition) is 2. The Hall–Kier alpha value is -0.0800. The third kappa shape index (κ3) is 2.46.